The number of nitrogens with one attached hydrogen (secondary N) is 2. The number of likely N-dealkylation sites (tertiary alicyclic amines) is 1. The van der Waals surface area contributed by atoms with E-state index in [1.165, 1.54) is 4.31 Å². The number of hydrogen-bond acceptors (Lipinski definition) is 5. The van der Waals surface area contributed by atoms with Crippen molar-refractivity contribution in [2.24, 2.45) is 4.99 Å². The van der Waals surface area contributed by atoms with Crippen molar-refractivity contribution in [2.75, 3.05) is 46.0 Å². The Bertz CT molecular complexity index is 600. The Labute approximate surface area is 180 Å². The van der Waals surface area contributed by atoms with E-state index < -0.39 is 15.6 Å². The number of rotatable bonds is 7. The molecule has 11 heteroatoms. The molecule has 0 spiro atoms. The van der Waals surface area contributed by atoms with Gasteiger partial charge in [0.2, 0.25) is 10.0 Å². The number of guanidine groups is 1. The molecule has 0 aromatic rings. The van der Waals surface area contributed by atoms with Crippen molar-refractivity contribution in [3.05, 3.63) is 0 Å². The van der Waals surface area contributed by atoms with E-state index in [1.54, 1.807) is 25.9 Å². The Morgan fingerprint density at radius 1 is 1.33 bits per heavy atom. The summed E-state index contributed by atoms with van der Waals surface area (Å²) in [6.07, 6.45) is 0.365. The van der Waals surface area contributed by atoms with Crippen LogP contribution in [0.15, 0.2) is 4.99 Å². The van der Waals surface area contributed by atoms with E-state index in [9.17, 15) is 13.2 Å². The van der Waals surface area contributed by atoms with Gasteiger partial charge in [0.25, 0.3) is 0 Å². The molecule has 0 unspecified atom stereocenters. The number of hydrogen-bond donors (Lipinski definition) is 2. The van der Waals surface area contributed by atoms with Gasteiger partial charge in [0, 0.05) is 40.3 Å². The predicted molar refractivity (Wildman–Crippen MR) is 118 cm³/mol. The second kappa shape index (κ2) is 11.2. The highest BCUT2D eigenvalue weighted by molar-refractivity contribution is 14.0. The second-order valence-corrected chi connectivity index (χ2v) is 9.67. The van der Waals surface area contributed by atoms with Gasteiger partial charge in [0.05, 0.1) is 11.8 Å². The van der Waals surface area contributed by atoms with Gasteiger partial charge in [-0.25, -0.2) is 17.5 Å². The molecule has 9 nitrogen and oxygen atoms in total. The van der Waals surface area contributed by atoms with Gasteiger partial charge in [0.1, 0.15) is 5.60 Å². The van der Waals surface area contributed by atoms with Gasteiger partial charge in [-0.1, -0.05) is 0 Å². The highest BCUT2D eigenvalue weighted by atomic mass is 127. The number of amides is 1. The predicted octanol–water partition coefficient (Wildman–Crippen LogP) is 1.06. The van der Waals surface area contributed by atoms with Gasteiger partial charge in [0.15, 0.2) is 5.96 Å². The summed E-state index contributed by atoms with van der Waals surface area (Å²) in [7, 11) is 0.127. The van der Waals surface area contributed by atoms with E-state index >= 15 is 0 Å². The third-order valence-electron chi connectivity index (χ3n) is 3.88. The SMILES string of the molecule is CCS(=O)(=O)N(C)CCCNC(=NC)NC1CN(C(=O)OC(C)(C)C)C1.I. The zero-order valence-corrected chi connectivity index (χ0v) is 20.3. The van der Waals surface area contributed by atoms with E-state index in [-0.39, 0.29) is 41.9 Å². The highest BCUT2D eigenvalue weighted by Gasteiger charge is 2.34. The maximum Gasteiger partial charge on any atom is 0.410 e. The molecule has 1 rings (SSSR count). The maximum absolute atomic E-state index is 11.9. The lowest BCUT2D eigenvalue weighted by atomic mass is 10.1. The largest absolute Gasteiger partial charge is 0.444 e. The summed E-state index contributed by atoms with van der Waals surface area (Å²) >= 11 is 0. The maximum atomic E-state index is 11.9. The second-order valence-electron chi connectivity index (χ2n) is 7.30. The lowest BCUT2D eigenvalue weighted by Gasteiger charge is -2.40. The van der Waals surface area contributed by atoms with E-state index in [4.69, 9.17) is 4.74 Å². The smallest absolute Gasteiger partial charge is 0.410 e. The van der Waals surface area contributed by atoms with Gasteiger partial charge in [-0.2, -0.15) is 0 Å². The quantitative estimate of drug-likeness (QED) is 0.226. The van der Waals surface area contributed by atoms with Crippen LogP contribution in [0.25, 0.3) is 0 Å². The van der Waals surface area contributed by atoms with Crippen molar-refractivity contribution >= 4 is 46.1 Å². The van der Waals surface area contributed by atoms with E-state index in [2.05, 4.69) is 15.6 Å². The molecule has 2 N–H and O–H groups in total. The zero-order valence-electron chi connectivity index (χ0n) is 17.1. The molecule has 1 aliphatic rings. The molecule has 1 saturated heterocycles. The average molecular weight is 519 g/mol. The molecule has 0 bridgehead atoms. The first-order chi connectivity index (χ1) is 12.0. The molecule has 0 aromatic carbocycles. The summed E-state index contributed by atoms with van der Waals surface area (Å²) in [5.74, 6) is 0.746. The van der Waals surface area contributed by atoms with Gasteiger partial charge in [-0.3, -0.25) is 4.99 Å². The molecule has 1 fully saturated rings. The van der Waals surface area contributed by atoms with Gasteiger partial charge in [-0.05, 0) is 34.1 Å². The Balaban J connectivity index is 0.00000676. The fraction of sp³-hybridized carbons (Fsp3) is 0.875. The number of ether oxygens (including phenoxy) is 1. The first-order valence-corrected chi connectivity index (χ1v) is 10.5. The molecule has 0 aromatic heterocycles. The van der Waals surface area contributed by atoms with Crippen LogP contribution in [0, 0.1) is 0 Å². The Morgan fingerprint density at radius 2 is 1.93 bits per heavy atom. The molecule has 27 heavy (non-hydrogen) atoms. The topological polar surface area (TPSA) is 103 Å². The molecular weight excluding hydrogens is 485 g/mol. The van der Waals surface area contributed by atoms with Crippen LogP contribution in [0.4, 0.5) is 4.79 Å². The molecule has 0 aliphatic carbocycles. The summed E-state index contributed by atoms with van der Waals surface area (Å²) in [5, 5.41) is 6.40. The lowest BCUT2D eigenvalue weighted by Crippen LogP contribution is -2.63. The molecule has 1 amide bonds. The summed E-state index contributed by atoms with van der Waals surface area (Å²) in [6, 6.07) is 0.122. The van der Waals surface area contributed by atoms with Crippen LogP contribution in [-0.4, -0.2) is 87.3 Å². The number of nitrogens with zero attached hydrogens (tertiary/aromatic N) is 3. The fourth-order valence-corrected chi connectivity index (χ4v) is 3.15. The minimum atomic E-state index is -3.14. The summed E-state index contributed by atoms with van der Waals surface area (Å²) < 4.78 is 30.0. The van der Waals surface area contributed by atoms with Crippen molar-refractivity contribution in [1.82, 2.24) is 19.8 Å². The van der Waals surface area contributed by atoms with Crippen LogP contribution in [0.1, 0.15) is 34.1 Å². The molecule has 0 radical (unpaired) electrons. The van der Waals surface area contributed by atoms with Crippen LogP contribution in [0.3, 0.4) is 0 Å². The third-order valence-corrected chi connectivity index (χ3v) is 5.74. The standard InChI is InChI=1S/C16H33N5O4S.HI/c1-7-26(23,24)20(6)10-8-9-18-14(17-5)19-13-11-21(12-13)15(22)25-16(2,3)4;/h13H,7-12H2,1-6H3,(H2,17,18,19);1H. The molecule has 1 heterocycles. The Morgan fingerprint density at radius 3 is 2.41 bits per heavy atom. The highest BCUT2D eigenvalue weighted by Crippen LogP contribution is 2.15. The summed E-state index contributed by atoms with van der Waals surface area (Å²) in [5.41, 5.74) is -0.494. The molecule has 1 aliphatic heterocycles. The van der Waals surface area contributed by atoms with Crippen LogP contribution < -0.4 is 10.6 Å². The summed E-state index contributed by atoms with van der Waals surface area (Å²) in [4.78, 5) is 17.7. The zero-order chi connectivity index (χ0) is 20.0. The van der Waals surface area contributed by atoms with Crippen molar-refractivity contribution in [3.8, 4) is 0 Å². The van der Waals surface area contributed by atoms with Crippen molar-refractivity contribution in [2.45, 2.75) is 45.8 Å². The number of carbonyl (C=O) groups excluding carboxylic acids is 1. The third kappa shape index (κ3) is 9.28. The average Bonchev–Trinajstić information content (AvgIpc) is 2.49. The molecule has 160 valence electrons. The van der Waals surface area contributed by atoms with Crippen LogP contribution in [0.5, 0.6) is 0 Å². The number of sulfonamides is 1. The molecule has 0 atom stereocenters. The minimum absolute atomic E-state index is 0. The van der Waals surface area contributed by atoms with Crippen LogP contribution in [-0.2, 0) is 14.8 Å². The number of aliphatic imine (C=N–C) groups is 1. The number of halogens is 1. The molecule has 0 saturated carbocycles. The normalized spacial score (nSPS) is 15.8. The van der Waals surface area contributed by atoms with Crippen molar-refractivity contribution < 1.29 is 17.9 Å². The first-order valence-electron chi connectivity index (χ1n) is 8.87. The van der Waals surface area contributed by atoms with Crippen LogP contribution in [0.2, 0.25) is 0 Å². The van der Waals surface area contributed by atoms with Crippen molar-refractivity contribution in [3.63, 3.8) is 0 Å². The van der Waals surface area contributed by atoms with Gasteiger partial charge >= 0.3 is 6.09 Å². The fourth-order valence-electron chi connectivity index (χ4n) is 2.30. The van der Waals surface area contributed by atoms with Crippen LogP contribution >= 0.6 is 24.0 Å². The first kappa shape index (κ1) is 26.2. The number of carbonyl (C=O) groups is 1. The van der Waals surface area contributed by atoms with Gasteiger partial charge < -0.3 is 20.3 Å². The lowest BCUT2D eigenvalue weighted by molar-refractivity contribution is 0.00701. The summed E-state index contributed by atoms with van der Waals surface area (Å²) in [6.45, 7) is 9.34. The van der Waals surface area contributed by atoms with Gasteiger partial charge in [-0.15, -0.1) is 24.0 Å². The van der Waals surface area contributed by atoms with E-state index in [0.717, 1.165) is 0 Å². The Kier molecular flexibility index (Phi) is 10.9. The van der Waals surface area contributed by atoms with E-state index in [0.29, 0.717) is 38.6 Å². The minimum Gasteiger partial charge on any atom is -0.444 e. The molecular formula is C16H34IN5O4S. The Hall–Kier alpha value is -0.820. The van der Waals surface area contributed by atoms with Crippen molar-refractivity contribution in [1.29, 1.82) is 0 Å². The van der Waals surface area contributed by atoms with E-state index in [1.807, 2.05) is 20.8 Å². The monoisotopic (exact) mass is 519 g/mol.